The van der Waals surface area contributed by atoms with Crippen molar-refractivity contribution >= 4 is 22.4 Å². The molecule has 5 aromatic rings. The van der Waals surface area contributed by atoms with Crippen molar-refractivity contribution in [3.05, 3.63) is 78.9 Å². The Hall–Kier alpha value is -4.27. The minimum Gasteiger partial charge on any atom is -0.494 e. The first-order valence-electron chi connectivity index (χ1n) is 9.76. The molecule has 0 radical (unpaired) electrons. The number of benzene rings is 3. The lowest BCUT2D eigenvalue weighted by molar-refractivity contribution is 0.386. The van der Waals surface area contributed by atoms with Gasteiger partial charge in [-0.25, -0.2) is 23.4 Å². The number of hydrogen-bond donors (Lipinski definition) is 1. The Kier molecular flexibility index (Phi) is 4.78. The van der Waals surface area contributed by atoms with E-state index >= 15 is 0 Å². The van der Waals surface area contributed by atoms with Gasteiger partial charge < -0.3 is 14.6 Å². The molecule has 0 aliphatic heterocycles. The second-order valence-electron chi connectivity index (χ2n) is 7.15. The molecule has 160 valence electrons. The summed E-state index contributed by atoms with van der Waals surface area (Å²) in [6, 6.07) is 15.1. The number of halogens is 2. The van der Waals surface area contributed by atoms with E-state index in [9.17, 15) is 8.78 Å². The fourth-order valence-corrected chi connectivity index (χ4v) is 3.63. The molecule has 9 heteroatoms. The summed E-state index contributed by atoms with van der Waals surface area (Å²) in [5, 5.41) is 7.20. The van der Waals surface area contributed by atoms with Crippen molar-refractivity contribution in [2.75, 3.05) is 12.4 Å². The van der Waals surface area contributed by atoms with E-state index in [-0.39, 0.29) is 5.75 Å². The normalized spacial score (nSPS) is 11.1. The lowest BCUT2D eigenvalue weighted by Gasteiger charge is -2.09. The number of nitrogens with zero attached hydrogens (tertiary/aromatic N) is 5. The summed E-state index contributed by atoms with van der Waals surface area (Å²) < 4.78 is 36.9. The fraction of sp³-hybridized carbons (Fsp3) is 0.0870. The van der Waals surface area contributed by atoms with Gasteiger partial charge in [0.15, 0.2) is 17.4 Å². The maximum atomic E-state index is 14.6. The molecule has 32 heavy (non-hydrogen) atoms. The summed E-state index contributed by atoms with van der Waals surface area (Å²) in [4.78, 5) is 8.62. The van der Waals surface area contributed by atoms with Gasteiger partial charge in [-0.1, -0.05) is 6.07 Å². The highest BCUT2D eigenvalue weighted by molar-refractivity contribution is 5.93. The number of para-hydroxylation sites is 1. The van der Waals surface area contributed by atoms with E-state index < -0.39 is 11.6 Å². The van der Waals surface area contributed by atoms with Crippen LogP contribution in [0.4, 0.5) is 20.2 Å². The molecule has 7 nitrogen and oxygen atoms in total. The van der Waals surface area contributed by atoms with Gasteiger partial charge in [0.1, 0.15) is 29.7 Å². The van der Waals surface area contributed by atoms with Gasteiger partial charge in [0.25, 0.3) is 0 Å². The van der Waals surface area contributed by atoms with Crippen molar-refractivity contribution in [2.24, 2.45) is 7.05 Å². The minimum absolute atomic E-state index is 0.149. The molecule has 0 fully saturated rings. The van der Waals surface area contributed by atoms with Crippen molar-refractivity contribution in [1.29, 1.82) is 0 Å². The van der Waals surface area contributed by atoms with Gasteiger partial charge in [-0.15, -0.1) is 0 Å². The Morgan fingerprint density at radius 3 is 2.62 bits per heavy atom. The minimum atomic E-state index is -0.437. The smallest absolute Gasteiger partial charge is 0.165 e. The summed E-state index contributed by atoms with van der Waals surface area (Å²) >= 11 is 0. The maximum Gasteiger partial charge on any atom is 0.165 e. The maximum absolute atomic E-state index is 14.6. The molecular formula is C23H18F2N6O. The van der Waals surface area contributed by atoms with E-state index in [1.54, 1.807) is 24.3 Å². The van der Waals surface area contributed by atoms with E-state index in [1.807, 2.05) is 29.8 Å². The molecule has 0 atom stereocenters. The zero-order valence-electron chi connectivity index (χ0n) is 17.3. The molecule has 2 aromatic heterocycles. The standard InChI is InChI=1S/C23H18F2N6O/c1-30-20-5-3-4-18(22(20)29-23(30)14-6-8-16(24)21(10-14)32-2)28-15-7-9-19(17(25)11-15)31-13-26-12-27-31/h3-13,28H,1-2H3. The molecule has 5 rings (SSSR count). The molecule has 1 N–H and O–H groups in total. The Labute approximate surface area is 181 Å². The fourth-order valence-electron chi connectivity index (χ4n) is 3.63. The van der Waals surface area contributed by atoms with Crippen LogP contribution in [0.5, 0.6) is 5.75 Å². The average Bonchev–Trinajstić information content (AvgIpc) is 3.44. The van der Waals surface area contributed by atoms with E-state index in [4.69, 9.17) is 9.72 Å². The second kappa shape index (κ2) is 7.77. The largest absolute Gasteiger partial charge is 0.494 e. The lowest BCUT2D eigenvalue weighted by Crippen LogP contribution is -2.00. The van der Waals surface area contributed by atoms with Crippen molar-refractivity contribution in [2.45, 2.75) is 0 Å². The third-order valence-electron chi connectivity index (χ3n) is 5.21. The number of fused-ring (bicyclic) bond motifs is 1. The van der Waals surface area contributed by atoms with Crippen molar-refractivity contribution in [3.8, 4) is 22.8 Å². The van der Waals surface area contributed by atoms with E-state index in [2.05, 4.69) is 15.4 Å². The Balaban J connectivity index is 1.53. The molecule has 0 saturated carbocycles. The van der Waals surface area contributed by atoms with Crippen molar-refractivity contribution in [1.82, 2.24) is 24.3 Å². The summed E-state index contributed by atoms with van der Waals surface area (Å²) in [7, 11) is 3.31. The van der Waals surface area contributed by atoms with Crippen LogP contribution in [0.15, 0.2) is 67.3 Å². The average molecular weight is 432 g/mol. The van der Waals surface area contributed by atoms with Gasteiger partial charge >= 0.3 is 0 Å². The first-order chi connectivity index (χ1) is 15.5. The van der Waals surface area contributed by atoms with E-state index in [0.29, 0.717) is 28.4 Å². The first kappa shape index (κ1) is 19.7. The number of rotatable bonds is 5. The zero-order chi connectivity index (χ0) is 22.2. The molecule has 0 spiro atoms. The molecule has 0 unspecified atom stereocenters. The Morgan fingerprint density at radius 2 is 1.88 bits per heavy atom. The van der Waals surface area contributed by atoms with Crippen LogP contribution in [0.2, 0.25) is 0 Å². The highest BCUT2D eigenvalue weighted by atomic mass is 19.1. The molecule has 0 aliphatic rings. The molecule has 0 saturated heterocycles. The van der Waals surface area contributed by atoms with Crippen LogP contribution in [0, 0.1) is 11.6 Å². The Morgan fingerprint density at radius 1 is 1.00 bits per heavy atom. The van der Waals surface area contributed by atoms with E-state index in [0.717, 1.165) is 11.1 Å². The van der Waals surface area contributed by atoms with Crippen LogP contribution in [0.1, 0.15) is 0 Å². The van der Waals surface area contributed by atoms with Gasteiger partial charge in [-0.05, 0) is 48.5 Å². The number of ether oxygens (including phenoxy) is 1. The predicted octanol–water partition coefficient (Wildman–Crippen LogP) is 4.85. The SMILES string of the molecule is COc1cc(-c2nc3c(Nc4ccc(-n5cncn5)c(F)c4)cccc3n2C)ccc1F. The van der Waals surface area contributed by atoms with Crippen LogP contribution in [0.25, 0.3) is 28.1 Å². The number of aromatic nitrogens is 5. The topological polar surface area (TPSA) is 69.8 Å². The van der Waals surface area contributed by atoms with E-state index in [1.165, 1.54) is 36.6 Å². The van der Waals surface area contributed by atoms with Crippen molar-refractivity contribution in [3.63, 3.8) is 0 Å². The van der Waals surface area contributed by atoms with Gasteiger partial charge in [0.2, 0.25) is 0 Å². The third-order valence-corrected chi connectivity index (χ3v) is 5.21. The highest BCUT2D eigenvalue weighted by Crippen LogP contribution is 2.32. The first-order valence-corrected chi connectivity index (χ1v) is 9.76. The summed E-state index contributed by atoms with van der Waals surface area (Å²) in [5.74, 6) is -0.0716. The lowest BCUT2D eigenvalue weighted by atomic mass is 10.2. The van der Waals surface area contributed by atoms with Crippen LogP contribution in [0.3, 0.4) is 0 Å². The molecule has 2 heterocycles. The molecule has 0 bridgehead atoms. The summed E-state index contributed by atoms with van der Waals surface area (Å²) in [5.41, 5.74) is 3.87. The van der Waals surface area contributed by atoms with Crippen LogP contribution < -0.4 is 10.1 Å². The quantitative estimate of drug-likeness (QED) is 0.430. The molecule has 0 amide bonds. The van der Waals surface area contributed by atoms with Gasteiger partial charge in [-0.3, -0.25) is 0 Å². The van der Waals surface area contributed by atoms with Gasteiger partial charge in [-0.2, -0.15) is 5.10 Å². The van der Waals surface area contributed by atoms with Gasteiger partial charge in [0.05, 0.1) is 18.3 Å². The Bertz CT molecular complexity index is 1430. The number of imidazole rings is 1. The summed E-state index contributed by atoms with van der Waals surface area (Å²) in [6.45, 7) is 0. The number of nitrogens with one attached hydrogen (secondary N) is 1. The molecular weight excluding hydrogens is 414 g/mol. The number of aryl methyl sites for hydroxylation is 1. The number of hydrogen-bond acceptors (Lipinski definition) is 5. The van der Waals surface area contributed by atoms with Crippen LogP contribution in [-0.2, 0) is 7.05 Å². The predicted molar refractivity (Wildman–Crippen MR) is 117 cm³/mol. The number of anilines is 2. The second-order valence-corrected chi connectivity index (χ2v) is 7.15. The zero-order valence-corrected chi connectivity index (χ0v) is 17.3. The molecule has 3 aromatic carbocycles. The van der Waals surface area contributed by atoms with Crippen molar-refractivity contribution < 1.29 is 13.5 Å². The highest BCUT2D eigenvalue weighted by Gasteiger charge is 2.15. The monoisotopic (exact) mass is 432 g/mol. The third kappa shape index (κ3) is 3.33. The van der Waals surface area contributed by atoms with Crippen LogP contribution in [-0.4, -0.2) is 31.4 Å². The molecule has 0 aliphatic carbocycles. The van der Waals surface area contributed by atoms with Gasteiger partial charge in [0, 0.05) is 18.3 Å². The number of methoxy groups -OCH3 is 1. The van der Waals surface area contributed by atoms with Crippen LogP contribution >= 0.6 is 0 Å². The summed E-state index contributed by atoms with van der Waals surface area (Å²) in [6.07, 6.45) is 2.79.